The van der Waals surface area contributed by atoms with Gasteiger partial charge in [0.25, 0.3) is 0 Å². The van der Waals surface area contributed by atoms with Crippen LogP contribution in [0.5, 0.6) is 5.75 Å². The molecule has 0 unspecified atom stereocenters. The van der Waals surface area contributed by atoms with Crippen LogP contribution < -0.4 is 10.1 Å². The Hall–Kier alpha value is -1.30. The third kappa shape index (κ3) is 5.59. The number of aryl methyl sites for hydroxylation is 2. The van der Waals surface area contributed by atoms with Crippen LogP contribution in [0.1, 0.15) is 22.3 Å². The summed E-state index contributed by atoms with van der Waals surface area (Å²) in [5, 5.41) is 3.50. The van der Waals surface area contributed by atoms with Gasteiger partial charge in [0.15, 0.2) is 0 Å². The SMILES string of the molecule is Cc1ccc(NCc2cc(Br)cc(Br)c2OCc2ccc(Br)cc2)cc1C. The van der Waals surface area contributed by atoms with E-state index in [0.29, 0.717) is 13.2 Å². The van der Waals surface area contributed by atoms with Crippen LogP contribution in [0.15, 0.2) is 68.0 Å². The highest BCUT2D eigenvalue weighted by atomic mass is 79.9. The Bertz CT molecular complexity index is 939. The van der Waals surface area contributed by atoms with E-state index in [-0.39, 0.29) is 0 Å². The normalized spacial score (nSPS) is 10.7. The molecule has 0 spiro atoms. The molecule has 1 N–H and O–H groups in total. The third-order valence-electron chi connectivity index (χ3n) is 4.37. The number of hydrogen-bond acceptors (Lipinski definition) is 2. The summed E-state index contributed by atoms with van der Waals surface area (Å²) in [6.07, 6.45) is 0. The molecule has 0 amide bonds. The minimum Gasteiger partial charge on any atom is -0.487 e. The van der Waals surface area contributed by atoms with Gasteiger partial charge in [0.1, 0.15) is 12.4 Å². The van der Waals surface area contributed by atoms with E-state index in [1.807, 2.05) is 18.2 Å². The van der Waals surface area contributed by atoms with Crippen molar-refractivity contribution in [2.75, 3.05) is 5.32 Å². The predicted molar refractivity (Wildman–Crippen MR) is 124 cm³/mol. The number of ether oxygens (including phenoxy) is 1. The minimum absolute atomic E-state index is 0.518. The van der Waals surface area contributed by atoms with Gasteiger partial charge < -0.3 is 10.1 Å². The Morgan fingerprint density at radius 3 is 2.26 bits per heavy atom. The Morgan fingerprint density at radius 1 is 0.815 bits per heavy atom. The molecular weight excluding hydrogens is 534 g/mol. The van der Waals surface area contributed by atoms with E-state index >= 15 is 0 Å². The van der Waals surface area contributed by atoms with E-state index in [1.54, 1.807) is 0 Å². The first-order chi connectivity index (χ1) is 12.9. The second-order valence-electron chi connectivity index (χ2n) is 6.44. The zero-order chi connectivity index (χ0) is 19.4. The molecule has 3 rings (SSSR count). The number of hydrogen-bond donors (Lipinski definition) is 1. The number of anilines is 1. The first-order valence-corrected chi connectivity index (χ1v) is 11.0. The van der Waals surface area contributed by atoms with E-state index in [1.165, 1.54) is 11.1 Å². The molecule has 3 aromatic carbocycles. The molecule has 0 atom stereocenters. The van der Waals surface area contributed by atoms with Crippen LogP contribution in [-0.2, 0) is 13.2 Å². The van der Waals surface area contributed by atoms with Crippen LogP contribution in [0.3, 0.4) is 0 Å². The van der Waals surface area contributed by atoms with Crippen LogP contribution in [-0.4, -0.2) is 0 Å². The minimum atomic E-state index is 0.518. The van der Waals surface area contributed by atoms with Gasteiger partial charge in [0.05, 0.1) is 4.47 Å². The fraction of sp³-hybridized carbons (Fsp3) is 0.182. The lowest BCUT2D eigenvalue weighted by atomic mass is 10.1. The summed E-state index contributed by atoms with van der Waals surface area (Å²) >= 11 is 10.7. The molecule has 0 saturated heterocycles. The van der Waals surface area contributed by atoms with Crippen molar-refractivity contribution in [3.63, 3.8) is 0 Å². The average molecular weight is 554 g/mol. The van der Waals surface area contributed by atoms with Gasteiger partial charge in [0, 0.05) is 26.7 Å². The number of rotatable bonds is 6. The van der Waals surface area contributed by atoms with Crippen molar-refractivity contribution >= 4 is 53.5 Å². The summed E-state index contributed by atoms with van der Waals surface area (Å²) in [6.45, 7) is 5.45. The quantitative estimate of drug-likeness (QED) is 0.336. The van der Waals surface area contributed by atoms with E-state index in [2.05, 4.69) is 103 Å². The van der Waals surface area contributed by atoms with Crippen LogP contribution in [0.4, 0.5) is 5.69 Å². The number of halogens is 3. The molecule has 27 heavy (non-hydrogen) atoms. The number of nitrogens with one attached hydrogen (secondary N) is 1. The zero-order valence-electron chi connectivity index (χ0n) is 15.2. The van der Waals surface area contributed by atoms with E-state index in [9.17, 15) is 0 Å². The maximum atomic E-state index is 6.16. The van der Waals surface area contributed by atoms with Gasteiger partial charge >= 0.3 is 0 Å². The second-order valence-corrected chi connectivity index (χ2v) is 9.13. The topological polar surface area (TPSA) is 21.3 Å². The van der Waals surface area contributed by atoms with Crippen molar-refractivity contribution < 1.29 is 4.74 Å². The Kier molecular flexibility index (Phi) is 7.01. The van der Waals surface area contributed by atoms with Crippen molar-refractivity contribution in [1.82, 2.24) is 0 Å². The summed E-state index contributed by atoms with van der Waals surface area (Å²) in [5.41, 5.74) is 5.90. The van der Waals surface area contributed by atoms with Crippen LogP contribution in [0, 0.1) is 13.8 Å². The molecule has 140 valence electrons. The lowest BCUT2D eigenvalue weighted by Crippen LogP contribution is -2.05. The first-order valence-electron chi connectivity index (χ1n) is 8.58. The van der Waals surface area contributed by atoms with Crippen LogP contribution in [0.25, 0.3) is 0 Å². The fourth-order valence-corrected chi connectivity index (χ4v) is 4.38. The number of benzene rings is 3. The molecule has 0 aliphatic heterocycles. The summed E-state index contributed by atoms with van der Waals surface area (Å²) < 4.78 is 9.17. The summed E-state index contributed by atoms with van der Waals surface area (Å²) in [5.74, 6) is 0.859. The predicted octanol–water partition coefficient (Wildman–Crippen LogP) is 7.78. The summed E-state index contributed by atoms with van der Waals surface area (Å²) in [7, 11) is 0. The molecule has 0 aliphatic carbocycles. The van der Waals surface area contributed by atoms with Crippen LogP contribution >= 0.6 is 47.8 Å². The smallest absolute Gasteiger partial charge is 0.139 e. The Morgan fingerprint density at radius 2 is 1.56 bits per heavy atom. The molecule has 3 aromatic rings. The molecule has 0 bridgehead atoms. The lowest BCUT2D eigenvalue weighted by molar-refractivity contribution is 0.301. The van der Waals surface area contributed by atoms with Gasteiger partial charge in [-0.15, -0.1) is 0 Å². The van der Waals surface area contributed by atoms with Crippen molar-refractivity contribution in [3.8, 4) is 5.75 Å². The second kappa shape index (κ2) is 9.26. The fourth-order valence-electron chi connectivity index (χ4n) is 2.69. The summed E-state index contributed by atoms with van der Waals surface area (Å²) in [4.78, 5) is 0. The largest absolute Gasteiger partial charge is 0.487 e. The highest BCUT2D eigenvalue weighted by Gasteiger charge is 2.11. The molecular formula is C22H20Br3NO. The van der Waals surface area contributed by atoms with Gasteiger partial charge in [-0.25, -0.2) is 0 Å². The molecule has 0 saturated carbocycles. The Labute approximate surface area is 185 Å². The van der Waals surface area contributed by atoms with Crippen molar-refractivity contribution in [1.29, 1.82) is 0 Å². The summed E-state index contributed by atoms with van der Waals surface area (Å²) in [6, 6.07) is 18.7. The highest BCUT2D eigenvalue weighted by Crippen LogP contribution is 2.34. The molecule has 2 nitrogen and oxygen atoms in total. The van der Waals surface area contributed by atoms with E-state index in [4.69, 9.17) is 4.74 Å². The van der Waals surface area contributed by atoms with Gasteiger partial charge in [-0.2, -0.15) is 0 Å². The zero-order valence-corrected chi connectivity index (χ0v) is 19.9. The third-order valence-corrected chi connectivity index (χ3v) is 5.95. The lowest BCUT2D eigenvalue weighted by Gasteiger charge is -2.16. The van der Waals surface area contributed by atoms with Gasteiger partial charge in [-0.3, -0.25) is 0 Å². The molecule has 5 heteroatoms. The van der Waals surface area contributed by atoms with Gasteiger partial charge in [0.2, 0.25) is 0 Å². The van der Waals surface area contributed by atoms with E-state index in [0.717, 1.165) is 36.0 Å². The van der Waals surface area contributed by atoms with Crippen molar-refractivity contribution in [2.45, 2.75) is 27.0 Å². The first kappa shape index (κ1) is 20.4. The Balaban J connectivity index is 1.77. The standard InChI is InChI=1S/C22H20Br3NO/c1-14-3-8-20(9-15(14)2)26-12-17-10-19(24)11-21(25)22(17)27-13-16-4-6-18(23)7-5-16/h3-11,26H,12-13H2,1-2H3. The van der Waals surface area contributed by atoms with E-state index < -0.39 is 0 Å². The van der Waals surface area contributed by atoms with Gasteiger partial charge in [-0.05, 0) is 82.9 Å². The maximum Gasteiger partial charge on any atom is 0.139 e. The molecule has 0 aliphatic rings. The monoisotopic (exact) mass is 551 g/mol. The van der Waals surface area contributed by atoms with Crippen LogP contribution in [0.2, 0.25) is 0 Å². The molecule has 0 radical (unpaired) electrons. The maximum absolute atomic E-state index is 6.16. The van der Waals surface area contributed by atoms with Crippen molar-refractivity contribution in [3.05, 3.63) is 90.3 Å². The molecule has 0 aromatic heterocycles. The highest BCUT2D eigenvalue weighted by molar-refractivity contribution is 9.11. The van der Waals surface area contributed by atoms with Crippen molar-refractivity contribution in [2.24, 2.45) is 0 Å². The molecule has 0 heterocycles. The molecule has 0 fully saturated rings. The van der Waals surface area contributed by atoms with Gasteiger partial charge in [-0.1, -0.05) is 50.1 Å². The average Bonchev–Trinajstić information content (AvgIpc) is 2.63.